The second-order valence-electron chi connectivity index (χ2n) is 4.64. The first-order valence-electron chi connectivity index (χ1n) is 6.28. The van der Waals surface area contributed by atoms with Crippen molar-refractivity contribution in [3.05, 3.63) is 70.0 Å². The zero-order valence-electron chi connectivity index (χ0n) is 11.1. The molecule has 100 valence electrons. The Morgan fingerprint density at radius 1 is 1.21 bits per heavy atom. The van der Waals surface area contributed by atoms with Crippen LogP contribution in [0.4, 0.5) is 4.39 Å². The Balaban J connectivity index is 2.30. The van der Waals surface area contributed by atoms with Crippen LogP contribution >= 0.6 is 11.6 Å². The summed E-state index contributed by atoms with van der Waals surface area (Å²) in [5.41, 5.74) is 2.97. The fraction of sp³-hybridized carbons (Fsp3) is 0.250. The van der Waals surface area contributed by atoms with E-state index in [-0.39, 0.29) is 11.9 Å². The fourth-order valence-corrected chi connectivity index (χ4v) is 2.42. The van der Waals surface area contributed by atoms with Gasteiger partial charge in [0.1, 0.15) is 5.82 Å². The number of halogens is 2. The predicted octanol–water partition coefficient (Wildman–Crippen LogP) is 4.29. The maximum atomic E-state index is 13.7. The van der Waals surface area contributed by atoms with Crippen molar-refractivity contribution in [2.75, 3.05) is 7.05 Å². The van der Waals surface area contributed by atoms with Crippen LogP contribution in [0, 0.1) is 12.7 Å². The number of aryl methyl sites for hydroxylation is 1. The minimum absolute atomic E-state index is 0.0515. The van der Waals surface area contributed by atoms with E-state index in [0.29, 0.717) is 17.0 Å². The van der Waals surface area contributed by atoms with E-state index < -0.39 is 0 Å². The van der Waals surface area contributed by atoms with Crippen molar-refractivity contribution in [3.63, 3.8) is 0 Å². The third-order valence-corrected chi connectivity index (χ3v) is 3.58. The molecule has 0 aromatic heterocycles. The second-order valence-corrected chi connectivity index (χ2v) is 5.07. The van der Waals surface area contributed by atoms with Gasteiger partial charge in [-0.15, -0.1) is 0 Å². The van der Waals surface area contributed by atoms with Crippen molar-refractivity contribution in [1.29, 1.82) is 0 Å². The predicted molar refractivity (Wildman–Crippen MR) is 78.1 cm³/mol. The summed E-state index contributed by atoms with van der Waals surface area (Å²) in [4.78, 5) is 0. The summed E-state index contributed by atoms with van der Waals surface area (Å²) >= 11 is 6.05. The number of benzene rings is 2. The first kappa shape index (κ1) is 14.0. The summed E-state index contributed by atoms with van der Waals surface area (Å²) in [6, 6.07) is 12.7. The summed E-state index contributed by atoms with van der Waals surface area (Å²) in [7, 11) is 1.88. The quantitative estimate of drug-likeness (QED) is 0.879. The molecule has 0 saturated carbocycles. The molecule has 19 heavy (non-hydrogen) atoms. The van der Waals surface area contributed by atoms with Crippen molar-refractivity contribution < 1.29 is 4.39 Å². The minimum Gasteiger partial charge on any atom is -0.313 e. The molecule has 3 heteroatoms. The lowest BCUT2D eigenvalue weighted by atomic mass is 9.95. The molecule has 2 rings (SSSR count). The summed E-state index contributed by atoms with van der Waals surface area (Å²) in [5, 5.41) is 3.94. The van der Waals surface area contributed by atoms with Crippen LogP contribution in [-0.4, -0.2) is 7.05 Å². The Labute approximate surface area is 118 Å². The molecular formula is C16H17ClFN. The van der Waals surface area contributed by atoms with Gasteiger partial charge in [0, 0.05) is 11.1 Å². The zero-order valence-corrected chi connectivity index (χ0v) is 11.8. The van der Waals surface area contributed by atoms with Gasteiger partial charge >= 0.3 is 0 Å². The average Bonchev–Trinajstić information content (AvgIpc) is 2.41. The number of likely N-dealkylation sites (N-methyl/N-ethyl adjacent to an activating group) is 1. The average molecular weight is 278 g/mol. The Kier molecular flexibility index (Phi) is 4.56. The SMILES string of the molecule is CNC(Cc1ccccc1F)c1cc(Cl)ccc1C. The van der Waals surface area contributed by atoms with Gasteiger partial charge in [-0.3, -0.25) is 0 Å². The lowest BCUT2D eigenvalue weighted by molar-refractivity contribution is 0.552. The highest BCUT2D eigenvalue weighted by atomic mass is 35.5. The molecule has 1 nitrogen and oxygen atoms in total. The second kappa shape index (κ2) is 6.18. The van der Waals surface area contributed by atoms with Gasteiger partial charge in [0.2, 0.25) is 0 Å². The van der Waals surface area contributed by atoms with Gasteiger partial charge < -0.3 is 5.32 Å². The Morgan fingerprint density at radius 2 is 1.95 bits per heavy atom. The third-order valence-electron chi connectivity index (χ3n) is 3.35. The van der Waals surface area contributed by atoms with Crippen LogP contribution < -0.4 is 5.32 Å². The van der Waals surface area contributed by atoms with Gasteiger partial charge in [0.05, 0.1) is 0 Å². The number of nitrogens with one attached hydrogen (secondary N) is 1. The fourth-order valence-electron chi connectivity index (χ4n) is 2.24. The van der Waals surface area contributed by atoms with Crippen LogP contribution in [0.3, 0.4) is 0 Å². The van der Waals surface area contributed by atoms with Crippen molar-refractivity contribution in [3.8, 4) is 0 Å². The standard InChI is InChI=1S/C16H17ClFN/c1-11-7-8-13(17)10-14(11)16(19-2)9-12-5-3-4-6-15(12)18/h3-8,10,16,19H,9H2,1-2H3. The molecule has 0 saturated heterocycles. The molecule has 2 aromatic rings. The molecular weight excluding hydrogens is 261 g/mol. The zero-order chi connectivity index (χ0) is 13.8. The molecule has 0 spiro atoms. The van der Waals surface area contributed by atoms with E-state index in [4.69, 9.17) is 11.6 Å². The molecule has 0 radical (unpaired) electrons. The normalized spacial score (nSPS) is 12.4. The first-order valence-corrected chi connectivity index (χ1v) is 6.66. The van der Waals surface area contributed by atoms with Crippen LogP contribution in [0.15, 0.2) is 42.5 Å². The van der Waals surface area contributed by atoms with Gasteiger partial charge in [0.25, 0.3) is 0 Å². The minimum atomic E-state index is -0.164. The summed E-state index contributed by atoms with van der Waals surface area (Å²) in [6.07, 6.45) is 0.602. The molecule has 0 heterocycles. The van der Waals surface area contributed by atoms with Crippen LogP contribution in [0.5, 0.6) is 0 Å². The number of rotatable bonds is 4. The highest BCUT2D eigenvalue weighted by Crippen LogP contribution is 2.25. The Bertz CT molecular complexity index is 568. The van der Waals surface area contributed by atoms with Crippen LogP contribution in [0.2, 0.25) is 5.02 Å². The van der Waals surface area contributed by atoms with Crippen molar-refractivity contribution in [2.24, 2.45) is 0 Å². The monoisotopic (exact) mass is 277 g/mol. The van der Waals surface area contributed by atoms with Gasteiger partial charge in [-0.05, 0) is 55.3 Å². The lowest BCUT2D eigenvalue weighted by Crippen LogP contribution is -2.20. The molecule has 0 bridgehead atoms. The van der Waals surface area contributed by atoms with Gasteiger partial charge in [0.15, 0.2) is 0 Å². The highest BCUT2D eigenvalue weighted by molar-refractivity contribution is 6.30. The van der Waals surface area contributed by atoms with Crippen molar-refractivity contribution >= 4 is 11.6 Å². The molecule has 1 unspecified atom stereocenters. The molecule has 2 aromatic carbocycles. The van der Waals surface area contributed by atoms with Crippen LogP contribution in [0.1, 0.15) is 22.7 Å². The molecule has 0 aliphatic heterocycles. The van der Waals surface area contributed by atoms with Crippen molar-refractivity contribution in [2.45, 2.75) is 19.4 Å². The molecule has 1 N–H and O–H groups in total. The number of hydrogen-bond donors (Lipinski definition) is 1. The highest BCUT2D eigenvalue weighted by Gasteiger charge is 2.14. The Morgan fingerprint density at radius 3 is 2.63 bits per heavy atom. The van der Waals surface area contributed by atoms with E-state index in [1.807, 2.05) is 44.3 Å². The molecule has 0 amide bonds. The van der Waals surface area contributed by atoms with Gasteiger partial charge in [-0.25, -0.2) is 4.39 Å². The van der Waals surface area contributed by atoms with Crippen LogP contribution in [0.25, 0.3) is 0 Å². The maximum Gasteiger partial charge on any atom is 0.126 e. The van der Waals surface area contributed by atoms with E-state index >= 15 is 0 Å². The largest absolute Gasteiger partial charge is 0.313 e. The van der Waals surface area contributed by atoms with Gasteiger partial charge in [-0.2, -0.15) is 0 Å². The first-order chi connectivity index (χ1) is 9.11. The van der Waals surface area contributed by atoms with Crippen LogP contribution in [-0.2, 0) is 6.42 Å². The van der Waals surface area contributed by atoms with E-state index in [0.717, 1.165) is 11.1 Å². The maximum absolute atomic E-state index is 13.7. The number of hydrogen-bond acceptors (Lipinski definition) is 1. The summed E-state index contributed by atoms with van der Waals surface area (Å²) < 4.78 is 13.7. The summed E-state index contributed by atoms with van der Waals surface area (Å²) in [5.74, 6) is -0.164. The van der Waals surface area contributed by atoms with Gasteiger partial charge in [-0.1, -0.05) is 35.9 Å². The third kappa shape index (κ3) is 3.34. The van der Waals surface area contributed by atoms with E-state index in [1.54, 1.807) is 6.07 Å². The molecule has 1 atom stereocenters. The topological polar surface area (TPSA) is 12.0 Å². The Hall–Kier alpha value is -1.38. The van der Waals surface area contributed by atoms with E-state index in [2.05, 4.69) is 5.32 Å². The molecule has 0 aliphatic carbocycles. The van der Waals surface area contributed by atoms with Crippen molar-refractivity contribution in [1.82, 2.24) is 5.32 Å². The summed E-state index contributed by atoms with van der Waals surface area (Å²) in [6.45, 7) is 2.04. The van der Waals surface area contributed by atoms with E-state index in [1.165, 1.54) is 6.07 Å². The molecule has 0 fully saturated rings. The molecule has 0 aliphatic rings. The smallest absolute Gasteiger partial charge is 0.126 e. The lowest BCUT2D eigenvalue weighted by Gasteiger charge is -2.19. The van der Waals surface area contributed by atoms with E-state index in [9.17, 15) is 4.39 Å².